The lowest BCUT2D eigenvalue weighted by Gasteiger charge is -2.18. The van der Waals surface area contributed by atoms with Gasteiger partial charge in [0.05, 0.1) is 12.1 Å². The van der Waals surface area contributed by atoms with E-state index in [9.17, 15) is 9.59 Å². The van der Waals surface area contributed by atoms with E-state index < -0.39 is 0 Å². The quantitative estimate of drug-likeness (QED) is 0.149. The molecule has 0 spiro atoms. The fourth-order valence-corrected chi connectivity index (χ4v) is 4.93. The number of rotatable bonds is 12. The van der Waals surface area contributed by atoms with Crippen LogP contribution in [0, 0.1) is 11.8 Å². The maximum Gasteiger partial charge on any atom is 0.221 e. The summed E-state index contributed by atoms with van der Waals surface area (Å²) >= 11 is 0. The van der Waals surface area contributed by atoms with Gasteiger partial charge in [-0.15, -0.1) is 13.2 Å². The van der Waals surface area contributed by atoms with Crippen molar-refractivity contribution in [2.75, 3.05) is 13.2 Å². The zero-order chi connectivity index (χ0) is 30.5. The van der Waals surface area contributed by atoms with E-state index in [2.05, 4.69) is 60.2 Å². The highest BCUT2D eigenvalue weighted by Gasteiger charge is 2.16. The Morgan fingerprint density at radius 2 is 1.00 bits per heavy atom. The first-order valence-electron chi connectivity index (χ1n) is 14.3. The zero-order valence-corrected chi connectivity index (χ0v) is 24.5. The molecule has 0 radical (unpaired) electrons. The Morgan fingerprint density at radius 3 is 1.36 bits per heavy atom. The molecule has 0 bridgehead atoms. The topological polar surface area (TPSA) is 98.7 Å². The molecule has 0 heterocycles. The molecule has 6 nitrogen and oxygen atoms in total. The normalized spacial score (nSPS) is 13.6. The van der Waals surface area contributed by atoms with Crippen LogP contribution in [-0.2, 0) is 9.59 Å². The number of nitrogens with one attached hydrogen (secondary N) is 2. The van der Waals surface area contributed by atoms with E-state index in [0.717, 1.165) is 32.7 Å². The number of amides is 2. The van der Waals surface area contributed by atoms with Crippen molar-refractivity contribution in [2.24, 2.45) is 11.8 Å². The highest BCUT2D eigenvalue weighted by Crippen LogP contribution is 2.25. The van der Waals surface area contributed by atoms with E-state index in [0.29, 0.717) is 0 Å². The molecule has 4 N–H and O–H groups in total. The van der Waals surface area contributed by atoms with E-state index in [-0.39, 0.29) is 61.8 Å². The van der Waals surface area contributed by atoms with Crippen LogP contribution >= 0.6 is 0 Å². The molecule has 42 heavy (non-hydrogen) atoms. The molecule has 0 aliphatic rings. The number of carbonyl (C=O) groups excluding carboxylic acids is 2. The van der Waals surface area contributed by atoms with Gasteiger partial charge in [0.1, 0.15) is 0 Å². The van der Waals surface area contributed by atoms with Gasteiger partial charge in [-0.05, 0) is 46.5 Å². The molecular formula is C36H42N2O4. The summed E-state index contributed by atoms with van der Waals surface area (Å²) in [6, 6.07) is 28.3. The number of aliphatic hydroxyl groups excluding tert-OH is 2. The predicted octanol–water partition coefficient (Wildman–Crippen LogP) is 6.40. The molecule has 220 valence electrons. The molecule has 0 saturated heterocycles. The van der Waals surface area contributed by atoms with Gasteiger partial charge in [-0.1, -0.05) is 97.1 Å². The van der Waals surface area contributed by atoms with Crippen LogP contribution in [0.5, 0.6) is 0 Å². The first kappa shape index (κ1) is 32.3. The Labute approximate surface area is 248 Å². The summed E-state index contributed by atoms with van der Waals surface area (Å²) in [7, 11) is 0. The molecule has 4 rings (SSSR count). The molecule has 4 aromatic rings. The van der Waals surface area contributed by atoms with Gasteiger partial charge < -0.3 is 20.8 Å². The maximum atomic E-state index is 12.0. The molecule has 4 aromatic carbocycles. The van der Waals surface area contributed by atoms with Crippen LogP contribution in [0.2, 0.25) is 0 Å². The van der Waals surface area contributed by atoms with Gasteiger partial charge in [0.25, 0.3) is 0 Å². The van der Waals surface area contributed by atoms with Crippen LogP contribution in [0.3, 0.4) is 0 Å². The second kappa shape index (κ2) is 16.2. The number of hydrogen-bond acceptors (Lipinski definition) is 4. The van der Waals surface area contributed by atoms with Gasteiger partial charge in [-0.3, -0.25) is 9.59 Å². The van der Waals surface area contributed by atoms with Gasteiger partial charge in [0.2, 0.25) is 11.8 Å². The van der Waals surface area contributed by atoms with Crippen LogP contribution in [-0.4, -0.2) is 35.2 Å². The van der Waals surface area contributed by atoms with Crippen LogP contribution in [0.15, 0.2) is 110 Å². The molecule has 2 amide bonds. The summed E-state index contributed by atoms with van der Waals surface area (Å²) in [5.74, 6) is -0.529. The Balaban J connectivity index is 0.000000230. The van der Waals surface area contributed by atoms with Gasteiger partial charge in [0.15, 0.2) is 0 Å². The minimum absolute atomic E-state index is 0.0560. The lowest BCUT2D eigenvalue weighted by atomic mass is 9.99. The lowest BCUT2D eigenvalue weighted by Crippen LogP contribution is -2.28. The lowest BCUT2D eigenvalue weighted by molar-refractivity contribution is -0.123. The van der Waals surface area contributed by atoms with E-state index in [4.69, 9.17) is 10.2 Å². The monoisotopic (exact) mass is 566 g/mol. The number of benzene rings is 4. The van der Waals surface area contributed by atoms with Crippen molar-refractivity contribution in [2.45, 2.75) is 38.8 Å². The van der Waals surface area contributed by atoms with Crippen molar-refractivity contribution in [3.8, 4) is 0 Å². The van der Waals surface area contributed by atoms with Gasteiger partial charge in [0, 0.05) is 37.9 Å². The fraction of sp³-hybridized carbons (Fsp3) is 0.278. The smallest absolute Gasteiger partial charge is 0.221 e. The van der Waals surface area contributed by atoms with Gasteiger partial charge in [-0.25, -0.2) is 0 Å². The van der Waals surface area contributed by atoms with Gasteiger partial charge >= 0.3 is 0 Å². The predicted molar refractivity (Wildman–Crippen MR) is 172 cm³/mol. The molecule has 4 atom stereocenters. The molecular weight excluding hydrogens is 524 g/mol. The van der Waals surface area contributed by atoms with Crippen molar-refractivity contribution < 1.29 is 19.8 Å². The molecule has 0 aliphatic carbocycles. The Kier molecular flexibility index (Phi) is 12.5. The highest BCUT2D eigenvalue weighted by molar-refractivity contribution is 5.88. The first-order valence-corrected chi connectivity index (χ1v) is 14.3. The Hall–Kier alpha value is -4.26. The number of hydrogen-bond donors (Lipinski definition) is 4. The van der Waals surface area contributed by atoms with Crippen molar-refractivity contribution in [3.05, 3.63) is 121 Å². The summed E-state index contributed by atoms with van der Waals surface area (Å²) in [5, 5.41) is 28.8. The van der Waals surface area contributed by atoms with Crippen LogP contribution < -0.4 is 10.6 Å². The van der Waals surface area contributed by atoms with E-state index in [1.165, 1.54) is 0 Å². The number of aliphatic hydroxyl groups is 2. The van der Waals surface area contributed by atoms with Crippen molar-refractivity contribution in [1.82, 2.24) is 10.6 Å². The summed E-state index contributed by atoms with van der Waals surface area (Å²) in [6.07, 6.45) is 3.74. The average Bonchev–Trinajstić information content (AvgIpc) is 3.02. The Bertz CT molecular complexity index is 1370. The minimum atomic E-state index is -0.190. The third-order valence-corrected chi connectivity index (χ3v) is 7.37. The summed E-state index contributed by atoms with van der Waals surface area (Å²) in [4.78, 5) is 24.0. The van der Waals surface area contributed by atoms with Gasteiger partial charge in [-0.2, -0.15) is 0 Å². The SMILES string of the molecule is C=C[C@@H](CO)CC(=O)N[C@@H](C)c1cccc2ccccc12.C=C[C@H](CO)CC(=O)N[C@@H](C)c1cccc2ccccc12. The molecule has 0 aliphatic heterocycles. The standard InChI is InChI=1S/2C18H21NO2/c2*1-3-14(12-20)11-18(21)19-13(2)16-10-6-8-15-7-4-5-9-17(15)16/h2*3-10,13-14,20H,1,11-12H2,2H3,(H,19,21)/t13-,14+;13-,14-/m00/s1. The van der Waals surface area contributed by atoms with Crippen LogP contribution in [0.4, 0.5) is 0 Å². The Morgan fingerprint density at radius 1 is 0.643 bits per heavy atom. The summed E-state index contributed by atoms with van der Waals surface area (Å²) < 4.78 is 0. The maximum absolute atomic E-state index is 12.0. The third kappa shape index (κ3) is 8.87. The van der Waals surface area contributed by atoms with E-state index in [1.807, 2.05) is 62.4 Å². The fourth-order valence-electron chi connectivity index (χ4n) is 4.93. The summed E-state index contributed by atoms with van der Waals surface area (Å²) in [6.45, 7) is 11.1. The molecule has 0 unspecified atom stereocenters. The molecule has 6 heteroatoms. The van der Waals surface area contributed by atoms with Crippen molar-refractivity contribution >= 4 is 33.4 Å². The summed E-state index contributed by atoms with van der Waals surface area (Å²) in [5.41, 5.74) is 2.20. The first-order chi connectivity index (χ1) is 20.3. The number of fused-ring (bicyclic) bond motifs is 2. The zero-order valence-electron chi connectivity index (χ0n) is 24.5. The van der Waals surface area contributed by atoms with Crippen molar-refractivity contribution in [3.63, 3.8) is 0 Å². The van der Waals surface area contributed by atoms with E-state index >= 15 is 0 Å². The van der Waals surface area contributed by atoms with Crippen LogP contribution in [0.1, 0.15) is 49.9 Å². The third-order valence-electron chi connectivity index (χ3n) is 7.37. The number of carbonyl (C=O) groups is 2. The average molecular weight is 567 g/mol. The second-order valence-electron chi connectivity index (χ2n) is 10.5. The highest BCUT2D eigenvalue weighted by atomic mass is 16.3. The largest absolute Gasteiger partial charge is 0.396 e. The molecule has 0 fully saturated rings. The molecule has 0 aromatic heterocycles. The van der Waals surface area contributed by atoms with Crippen molar-refractivity contribution in [1.29, 1.82) is 0 Å². The van der Waals surface area contributed by atoms with E-state index in [1.54, 1.807) is 12.2 Å². The molecule has 0 saturated carbocycles. The van der Waals surface area contributed by atoms with Crippen LogP contribution in [0.25, 0.3) is 21.5 Å². The minimum Gasteiger partial charge on any atom is -0.396 e. The second-order valence-corrected chi connectivity index (χ2v) is 10.5.